The Kier molecular flexibility index (Phi) is 8.19. The van der Waals surface area contributed by atoms with E-state index in [2.05, 4.69) is 27.8 Å². The fourth-order valence-electron chi connectivity index (χ4n) is 5.54. The molecule has 1 aromatic heterocycles. The Morgan fingerprint density at radius 2 is 1.76 bits per heavy atom. The van der Waals surface area contributed by atoms with Gasteiger partial charge in [-0.3, -0.25) is 14.2 Å². The molecule has 5 rings (SSSR count). The number of likely N-dealkylation sites (tertiary alicyclic amines) is 1. The van der Waals surface area contributed by atoms with E-state index in [1.807, 2.05) is 23.1 Å². The zero-order valence-electron chi connectivity index (χ0n) is 22.4. The van der Waals surface area contributed by atoms with Crippen LogP contribution in [0.2, 0.25) is 0 Å². The molecule has 206 valence electrons. The van der Waals surface area contributed by atoms with Crippen LogP contribution in [0.25, 0.3) is 5.69 Å². The molecule has 2 saturated heterocycles. The van der Waals surface area contributed by atoms with Crippen LogP contribution in [-0.4, -0.2) is 89.1 Å². The predicted octanol–water partition coefficient (Wildman–Crippen LogP) is -0.314. The zero-order valence-corrected chi connectivity index (χ0v) is 22.4. The molecule has 1 saturated carbocycles. The van der Waals surface area contributed by atoms with Gasteiger partial charge in [-0.25, -0.2) is 4.79 Å². The number of hydrogen-bond acceptors (Lipinski definition) is 8. The number of carbonyl (C=O) groups is 2. The van der Waals surface area contributed by atoms with Gasteiger partial charge < -0.3 is 31.9 Å². The van der Waals surface area contributed by atoms with Crippen molar-refractivity contribution in [3.8, 4) is 5.69 Å². The smallest absolute Gasteiger partial charge is 0.354 e. The number of piperazine rings is 1. The van der Waals surface area contributed by atoms with Gasteiger partial charge in [-0.05, 0) is 56.9 Å². The summed E-state index contributed by atoms with van der Waals surface area (Å²) in [5.41, 5.74) is 17.6. The SMILES string of the molecule is CC(C)(N)C(=O)N1CCN(c2ccn(-c3ccc(CCN4CC5(CCC5N)C4)cc3)c(=O)n2)CC1.NC=O. The van der Waals surface area contributed by atoms with Crippen LogP contribution in [0.4, 0.5) is 5.82 Å². The Hall–Kier alpha value is -3.28. The fraction of sp³-hybridized carbons (Fsp3) is 0.556. The van der Waals surface area contributed by atoms with Crippen molar-refractivity contribution in [2.45, 2.75) is 44.7 Å². The molecule has 11 nitrogen and oxygen atoms in total. The van der Waals surface area contributed by atoms with Crippen molar-refractivity contribution in [2.24, 2.45) is 22.6 Å². The average molecular weight is 525 g/mol. The van der Waals surface area contributed by atoms with E-state index in [-0.39, 0.29) is 18.0 Å². The van der Waals surface area contributed by atoms with E-state index in [9.17, 15) is 9.59 Å². The van der Waals surface area contributed by atoms with E-state index >= 15 is 0 Å². The summed E-state index contributed by atoms with van der Waals surface area (Å²) in [5, 5.41) is 0. The zero-order chi connectivity index (χ0) is 27.5. The number of amides is 2. The lowest BCUT2D eigenvalue weighted by Crippen LogP contribution is -2.69. The summed E-state index contributed by atoms with van der Waals surface area (Å²) in [4.78, 5) is 44.4. The molecule has 1 aliphatic carbocycles. The Labute approximate surface area is 223 Å². The quantitative estimate of drug-likeness (QED) is 0.434. The first-order valence-electron chi connectivity index (χ1n) is 13.2. The molecule has 3 aliphatic rings. The van der Waals surface area contributed by atoms with Gasteiger partial charge in [-0.15, -0.1) is 0 Å². The predicted molar refractivity (Wildman–Crippen MR) is 147 cm³/mol. The van der Waals surface area contributed by atoms with Gasteiger partial charge in [0.25, 0.3) is 0 Å². The van der Waals surface area contributed by atoms with Crippen molar-refractivity contribution < 1.29 is 9.59 Å². The largest absolute Gasteiger partial charge is 0.372 e. The second kappa shape index (κ2) is 11.2. The van der Waals surface area contributed by atoms with E-state index in [4.69, 9.17) is 16.3 Å². The van der Waals surface area contributed by atoms with Crippen LogP contribution in [0.1, 0.15) is 32.3 Å². The van der Waals surface area contributed by atoms with Crippen molar-refractivity contribution in [3.63, 3.8) is 0 Å². The summed E-state index contributed by atoms with van der Waals surface area (Å²) >= 11 is 0. The van der Waals surface area contributed by atoms with Crippen molar-refractivity contribution in [1.29, 1.82) is 0 Å². The van der Waals surface area contributed by atoms with Gasteiger partial charge in [0, 0.05) is 63.5 Å². The monoisotopic (exact) mass is 524 g/mol. The first kappa shape index (κ1) is 27.7. The molecule has 1 spiro atoms. The number of carbonyl (C=O) groups excluding carboxylic acids is 2. The molecule has 3 heterocycles. The minimum absolute atomic E-state index is 0.0553. The van der Waals surface area contributed by atoms with Gasteiger partial charge in [0.2, 0.25) is 12.3 Å². The maximum absolute atomic E-state index is 12.8. The third-order valence-corrected chi connectivity index (χ3v) is 7.98. The number of anilines is 1. The Morgan fingerprint density at radius 3 is 2.26 bits per heavy atom. The highest BCUT2D eigenvalue weighted by molar-refractivity contribution is 5.85. The van der Waals surface area contributed by atoms with E-state index in [1.165, 1.54) is 18.4 Å². The maximum Gasteiger partial charge on any atom is 0.354 e. The lowest BCUT2D eigenvalue weighted by atomic mass is 9.60. The number of hydrogen-bond donors (Lipinski definition) is 3. The molecular formula is C27H40N8O3. The average Bonchev–Trinajstić information content (AvgIpc) is 2.87. The minimum Gasteiger partial charge on any atom is -0.372 e. The molecule has 2 aromatic rings. The number of benzene rings is 1. The summed E-state index contributed by atoms with van der Waals surface area (Å²) in [5.74, 6) is 0.584. The Bertz CT molecular complexity index is 1180. The van der Waals surface area contributed by atoms with Gasteiger partial charge in [-0.1, -0.05) is 12.1 Å². The van der Waals surface area contributed by atoms with Crippen LogP contribution in [0, 0.1) is 5.41 Å². The molecule has 2 amide bonds. The van der Waals surface area contributed by atoms with Gasteiger partial charge in [0.15, 0.2) is 0 Å². The number of primary amides is 1. The van der Waals surface area contributed by atoms with E-state index < -0.39 is 5.54 Å². The van der Waals surface area contributed by atoms with Crippen LogP contribution in [0.15, 0.2) is 41.3 Å². The van der Waals surface area contributed by atoms with Gasteiger partial charge in [0.1, 0.15) is 5.82 Å². The summed E-state index contributed by atoms with van der Waals surface area (Å²) in [7, 11) is 0. The second-order valence-electron chi connectivity index (χ2n) is 11.2. The Morgan fingerprint density at radius 1 is 1.13 bits per heavy atom. The number of rotatable bonds is 6. The van der Waals surface area contributed by atoms with Gasteiger partial charge >= 0.3 is 5.69 Å². The standard InChI is InChI=1S/C26H37N7O2.CH3NO/c1-25(2,28)23(34)32-15-13-31(14-16-32)22-9-12-33(24(35)29-22)20-5-3-19(4-6-20)8-11-30-17-26(18-30)10-7-21(26)27;2-1-3/h3-6,9,12,21H,7-8,10-11,13-18,27-28H2,1-2H3;1H,(H2,2,3). The molecule has 11 heteroatoms. The van der Waals surface area contributed by atoms with Crippen LogP contribution in [0.5, 0.6) is 0 Å². The molecule has 6 N–H and O–H groups in total. The fourth-order valence-corrected chi connectivity index (χ4v) is 5.54. The first-order valence-corrected chi connectivity index (χ1v) is 13.2. The van der Waals surface area contributed by atoms with Crippen molar-refractivity contribution in [2.75, 3.05) is 50.7 Å². The van der Waals surface area contributed by atoms with Gasteiger partial charge in [0.05, 0.1) is 11.2 Å². The van der Waals surface area contributed by atoms with Crippen molar-refractivity contribution in [1.82, 2.24) is 19.4 Å². The molecule has 0 radical (unpaired) electrons. The molecule has 1 aromatic carbocycles. The number of nitrogens with zero attached hydrogens (tertiary/aromatic N) is 5. The maximum atomic E-state index is 12.8. The van der Waals surface area contributed by atoms with Crippen LogP contribution in [-0.2, 0) is 16.0 Å². The highest BCUT2D eigenvalue weighted by Crippen LogP contribution is 2.47. The Balaban J connectivity index is 0.00000107. The molecule has 1 atom stereocenters. The highest BCUT2D eigenvalue weighted by atomic mass is 16.2. The summed E-state index contributed by atoms with van der Waals surface area (Å²) in [6.45, 7) is 9.14. The van der Waals surface area contributed by atoms with E-state index in [0.29, 0.717) is 43.5 Å². The highest BCUT2D eigenvalue weighted by Gasteiger charge is 2.52. The van der Waals surface area contributed by atoms with Crippen molar-refractivity contribution in [3.05, 3.63) is 52.6 Å². The second-order valence-corrected chi connectivity index (χ2v) is 11.2. The number of aromatic nitrogens is 2. The van der Waals surface area contributed by atoms with E-state index in [0.717, 1.165) is 31.7 Å². The summed E-state index contributed by atoms with van der Waals surface area (Å²) in [6, 6.07) is 10.4. The lowest BCUT2D eigenvalue weighted by Gasteiger charge is -2.59. The normalized spacial score (nSPS) is 20.7. The summed E-state index contributed by atoms with van der Waals surface area (Å²) in [6.07, 6.45) is 5.48. The van der Waals surface area contributed by atoms with Crippen LogP contribution in [0.3, 0.4) is 0 Å². The summed E-state index contributed by atoms with van der Waals surface area (Å²) < 4.78 is 1.57. The first-order chi connectivity index (χ1) is 18.1. The lowest BCUT2D eigenvalue weighted by molar-refractivity contribution is -0.136. The molecule has 0 bridgehead atoms. The minimum atomic E-state index is -0.877. The molecule has 1 unspecified atom stereocenters. The molecular weight excluding hydrogens is 484 g/mol. The third kappa shape index (κ3) is 5.90. The van der Waals surface area contributed by atoms with E-state index in [1.54, 1.807) is 29.5 Å². The molecule has 3 fully saturated rings. The topological polar surface area (TPSA) is 157 Å². The van der Waals surface area contributed by atoms with Crippen LogP contribution >= 0.6 is 0 Å². The molecule has 2 aliphatic heterocycles. The van der Waals surface area contributed by atoms with Gasteiger partial charge in [-0.2, -0.15) is 4.98 Å². The van der Waals surface area contributed by atoms with Crippen molar-refractivity contribution >= 4 is 18.1 Å². The van der Waals surface area contributed by atoms with Crippen LogP contribution < -0.4 is 27.8 Å². The molecule has 38 heavy (non-hydrogen) atoms. The third-order valence-electron chi connectivity index (χ3n) is 7.98. The number of nitrogens with two attached hydrogens (primary N) is 3.